The van der Waals surface area contributed by atoms with E-state index in [1.54, 1.807) is 6.07 Å². The summed E-state index contributed by atoms with van der Waals surface area (Å²) >= 11 is 0. The van der Waals surface area contributed by atoms with Gasteiger partial charge in [-0.2, -0.15) is 0 Å². The molecule has 0 unspecified atom stereocenters. The van der Waals surface area contributed by atoms with Gasteiger partial charge in [0.05, 0.1) is 25.7 Å². The lowest BCUT2D eigenvalue weighted by Crippen LogP contribution is -2.37. The topological polar surface area (TPSA) is 71.1 Å². The van der Waals surface area contributed by atoms with Crippen molar-refractivity contribution in [1.82, 2.24) is 0 Å². The SMILES string of the molecule is CCc1cc(OC)c(C(=O)OC)cc1OC1CCC(C)(C(=O)OCc2cccc3ccccc23)CC1. The Bertz CT molecular complexity index is 1230. The van der Waals surface area contributed by atoms with Crippen LogP contribution in [0, 0.1) is 5.41 Å². The van der Waals surface area contributed by atoms with E-state index < -0.39 is 11.4 Å². The number of esters is 2. The first-order valence-electron chi connectivity index (χ1n) is 12.5. The molecule has 0 radical (unpaired) electrons. The second kappa shape index (κ2) is 11.0. The summed E-state index contributed by atoms with van der Waals surface area (Å²) < 4.78 is 22.4. The van der Waals surface area contributed by atoms with E-state index in [-0.39, 0.29) is 18.7 Å². The maximum absolute atomic E-state index is 13.1. The van der Waals surface area contributed by atoms with Crippen molar-refractivity contribution in [2.75, 3.05) is 14.2 Å². The normalized spacial score (nSPS) is 19.5. The number of carbonyl (C=O) groups excluding carboxylic acids is 2. The molecule has 6 heteroatoms. The van der Waals surface area contributed by atoms with Crippen molar-refractivity contribution in [2.24, 2.45) is 5.41 Å². The molecule has 36 heavy (non-hydrogen) atoms. The standard InChI is InChI=1S/C30H34O6/c1-5-20-17-27(33-3)25(28(31)34-4)18-26(20)36-23-13-15-30(2,16-14-23)29(32)35-19-22-11-8-10-21-9-6-7-12-24(21)22/h6-12,17-18,23H,5,13-16,19H2,1-4H3. The van der Waals surface area contributed by atoms with Crippen LogP contribution in [0.2, 0.25) is 0 Å². The van der Waals surface area contributed by atoms with E-state index in [1.165, 1.54) is 14.2 Å². The van der Waals surface area contributed by atoms with Crippen molar-refractivity contribution in [2.45, 2.75) is 58.7 Å². The van der Waals surface area contributed by atoms with Gasteiger partial charge in [0.25, 0.3) is 0 Å². The number of aryl methyl sites for hydroxylation is 1. The molecule has 0 aromatic heterocycles. The van der Waals surface area contributed by atoms with Gasteiger partial charge in [0, 0.05) is 0 Å². The zero-order valence-corrected chi connectivity index (χ0v) is 21.5. The van der Waals surface area contributed by atoms with Crippen LogP contribution in [0.3, 0.4) is 0 Å². The Kier molecular flexibility index (Phi) is 7.82. The molecule has 0 amide bonds. The first-order chi connectivity index (χ1) is 17.4. The van der Waals surface area contributed by atoms with Crippen molar-refractivity contribution in [3.05, 3.63) is 71.3 Å². The van der Waals surface area contributed by atoms with Crippen molar-refractivity contribution in [1.29, 1.82) is 0 Å². The van der Waals surface area contributed by atoms with Gasteiger partial charge in [0.2, 0.25) is 0 Å². The van der Waals surface area contributed by atoms with Gasteiger partial charge in [-0.25, -0.2) is 4.79 Å². The Hall–Kier alpha value is -3.54. The van der Waals surface area contributed by atoms with Gasteiger partial charge < -0.3 is 18.9 Å². The van der Waals surface area contributed by atoms with Crippen LogP contribution in [0.25, 0.3) is 10.8 Å². The van der Waals surface area contributed by atoms with Crippen molar-refractivity contribution in [3.8, 4) is 11.5 Å². The molecule has 1 aliphatic carbocycles. The average molecular weight is 491 g/mol. The minimum atomic E-state index is -0.547. The Morgan fingerprint density at radius 2 is 1.67 bits per heavy atom. The second-order valence-corrected chi connectivity index (χ2v) is 9.60. The summed E-state index contributed by atoms with van der Waals surface area (Å²) in [7, 11) is 2.88. The molecule has 190 valence electrons. The molecule has 0 aliphatic heterocycles. The van der Waals surface area contributed by atoms with Gasteiger partial charge in [-0.15, -0.1) is 0 Å². The highest BCUT2D eigenvalue weighted by Gasteiger charge is 2.39. The molecule has 0 spiro atoms. The summed E-state index contributed by atoms with van der Waals surface area (Å²) in [5, 5.41) is 2.24. The number of methoxy groups -OCH3 is 2. The highest BCUT2D eigenvalue weighted by Crippen LogP contribution is 2.40. The fourth-order valence-corrected chi connectivity index (χ4v) is 4.89. The number of ether oxygens (including phenoxy) is 4. The van der Waals surface area contributed by atoms with Crippen molar-refractivity contribution >= 4 is 22.7 Å². The molecular weight excluding hydrogens is 456 g/mol. The van der Waals surface area contributed by atoms with Gasteiger partial charge in [-0.1, -0.05) is 49.4 Å². The minimum Gasteiger partial charge on any atom is -0.496 e. The Balaban J connectivity index is 1.40. The summed E-state index contributed by atoms with van der Waals surface area (Å²) in [6, 6.07) is 17.7. The lowest BCUT2D eigenvalue weighted by molar-refractivity contribution is -0.159. The third-order valence-electron chi connectivity index (χ3n) is 7.23. The largest absolute Gasteiger partial charge is 0.496 e. The minimum absolute atomic E-state index is 0.0480. The Morgan fingerprint density at radius 1 is 0.944 bits per heavy atom. The first kappa shape index (κ1) is 25.5. The number of fused-ring (bicyclic) bond motifs is 1. The smallest absolute Gasteiger partial charge is 0.341 e. The molecule has 0 saturated heterocycles. The van der Waals surface area contributed by atoms with Crippen LogP contribution in [-0.2, 0) is 27.3 Å². The predicted molar refractivity (Wildman–Crippen MR) is 138 cm³/mol. The zero-order chi connectivity index (χ0) is 25.7. The van der Waals surface area contributed by atoms with Crippen LogP contribution in [0.15, 0.2) is 54.6 Å². The number of carbonyl (C=O) groups is 2. The van der Waals surface area contributed by atoms with Crippen LogP contribution in [-0.4, -0.2) is 32.3 Å². The molecule has 0 atom stereocenters. The molecule has 4 rings (SSSR count). The van der Waals surface area contributed by atoms with Crippen LogP contribution in [0.5, 0.6) is 11.5 Å². The van der Waals surface area contributed by atoms with Crippen LogP contribution >= 0.6 is 0 Å². The molecule has 3 aromatic carbocycles. The van der Waals surface area contributed by atoms with Crippen LogP contribution < -0.4 is 9.47 Å². The molecule has 0 N–H and O–H groups in total. The molecule has 0 bridgehead atoms. The number of rotatable bonds is 8. The third-order valence-corrected chi connectivity index (χ3v) is 7.23. The lowest BCUT2D eigenvalue weighted by atomic mass is 9.74. The fourth-order valence-electron chi connectivity index (χ4n) is 4.89. The van der Waals surface area contributed by atoms with Gasteiger partial charge >= 0.3 is 11.9 Å². The number of hydrogen-bond donors (Lipinski definition) is 0. The maximum atomic E-state index is 13.1. The van der Waals surface area contributed by atoms with E-state index in [2.05, 4.69) is 18.2 Å². The van der Waals surface area contributed by atoms with Gasteiger partial charge in [-0.3, -0.25) is 4.79 Å². The van der Waals surface area contributed by atoms with Gasteiger partial charge in [-0.05, 0) is 73.1 Å². The van der Waals surface area contributed by atoms with E-state index in [4.69, 9.17) is 18.9 Å². The van der Waals surface area contributed by atoms with Crippen LogP contribution in [0.4, 0.5) is 0 Å². The summed E-state index contributed by atoms with van der Waals surface area (Å²) in [6.45, 7) is 4.27. The second-order valence-electron chi connectivity index (χ2n) is 9.60. The summed E-state index contributed by atoms with van der Waals surface area (Å²) in [6.07, 6.45) is 3.48. The molecule has 6 nitrogen and oxygen atoms in total. The van der Waals surface area contributed by atoms with Gasteiger partial charge in [0.1, 0.15) is 23.7 Å². The van der Waals surface area contributed by atoms with E-state index in [1.807, 2.05) is 44.2 Å². The summed E-state index contributed by atoms with van der Waals surface area (Å²) in [4.78, 5) is 25.3. The summed E-state index contributed by atoms with van der Waals surface area (Å²) in [5.41, 5.74) is 1.76. The lowest BCUT2D eigenvalue weighted by Gasteiger charge is -2.35. The zero-order valence-electron chi connectivity index (χ0n) is 21.5. The third kappa shape index (κ3) is 5.32. The monoisotopic (exact) mass is 490 g/mol. The average Bonchev–Trinajstić information content (AvgIpc) is 2.92. The van der Waals surface area contributed by atoms with Crippen molar-refractivity contribution in [3.63, 3.8) is 0 Å². The number of hydrogen-bond acceptors (Lipinski definition) is 6. The molecular formula is C30H34O6. The van der Waals surface area contributed by atoms with E-state index in [0.29, 0.717) is 29.9 Å². The molecule has 3 aromatic rings. The highest BCUT2D eigenvalue weighted by atomic mass is 16.5. The highest BCUT2D eigenvalue weighted by molar-refractivity contribution is 5.93. The molecule has 1 aliphatic rings. The fraction of sp³-hybridized carbons (Fsp3) is 0.400. The molecule has 0 heterocycles. The van der Waals surface area contributed by atoms with E-state index >= 15 is 0 Å². The van der Waals surface area contributed by atoms with Crippen molar-refractivity contribution < 1.29 is 28.5 Å². The Labute approximate surface area is 212 Å². The van der Waals surface area contributed by atoms with Crippen LogP contribution in [0.1, 0.15) is 61.0 Å². The van der Waals surface area contributed by atoms with E-state index in [9.17, 15) is 9.59 Å². The summed E-state index contributed by atoms with van der Waals surface area (Å²) in [5.74, 6) is 0.493. The van der Waals surface area contributed by atoms with Gasteiger partial charge in [0.15, 0.2) is 0 Å². The maximum Gasteiger partial charge on any atom is 0.341 e. The first-order valence-corrected chi connectivity index (χ1v) is 12.5. The predicted octanol–water partition coefficient (Wildman–Crippen LogP) is 6.27. The van der Waals surface area contributed by atoms with E-state index in [0.717, 1.165) is 41.2 Å². The quantitative estimate of drug-likeness (QED) is 0.347. The number of benzene rings is 3. The molecule has 1 saturated carbocycles. The molecule has 1 fully saturated rings. The Morgan fingerprint density at radius 3 is 2.36 bits per heavy atom.